The average Bonchev–Trinajstić information content (AvgIpc) is 2.95. The molecule has 1 aliphatic rings. The Balaban J connectivity index is 0.00000256. The molecule has 3 aromatic rings. The van der Waals surface area contributed by atoms with Crippen molar-refractivity contribution in [2.45, 2.75) is 26.0 Å². The zero-order chi connectivity index (χ0) is 20.9. The number of hydrogen-bond donors (Lipinski definition) is 4. The smallest absolute Gasteiger partial charge is 0.345 e. The molecule has 1 aliphatic heterocycles. The van der Waals surface area contributed by atoms with Crippen LogP contribution in [0.1, 0.15) is 28.5 Å². The lowest BCUT2D eigenvalue weighted by Crippen LogP contribution is -2.50. The average molecular weight is 434 g/mol. The van der Waals surface area contributed by atoms with Crippen LogP contribution in [0, 0.1) is 0 Å². The van der Waals surface area contributed by atoms with Gasteiger partial charge in [0.15, 0.2) is 5.56 Å². The number of carboxylic acids is 1. The lowest BCUT2D eigenvalue weighted by Gasteiger charge is -2.35. The van der Waals surface area contributed by atoms with Crippen LogP contribution in [0.5, 0.6) is 5.75 Å². The summed E-state index contributed by atoms with van der Waals surface area (Å²) in [5.41, 5.74) is 2.20. The molecule has 8 nitrogen and oxygen atoms in total. The van der Waals surface area contributed by atoms with Crippen LogP contribution in [0.25, 0.3) is 22.2 Å². The number of halogens is 1. The maximum absolute atomic E-state index is 12.2. The molecule has 0 bridgehead atoms. The lowest BCUT2D eigenvalue weighted by atomic mass is 9.99. The summed E-state index contributed by atoms with van der Waals surface area (Å²) in [6.07, 6.45) is 0.121. The van der Waals surface area contributed by atoms with Gasteiger partial charge in [-0.1, -0.05) is 13.0 Å². The molecule has 0 amide bonds. The molecule has 9 heteroatoms. The fourth-order valence-electron chi connectivity index (χ4n) is 4.03. The number of nitrogens with one attached hydrogen (secondary N) is 1. The number of pyridine rings is 1. The number of β-amino-alcohol motifs (C(OH)–C–C–N with tert-alkyl or cyclic N) is 1. The number of hydrogen-bond acceptors (Lipinski definition) is 5. The standard InChI is InChI=1S/C21H23N3O5.ClH/c1-3-15-18(22-20(27)17(19(15)26)21(28)29)11-4-5-16-12(6-11)7-13(23(16)2)8-24-9-14(25)10-24;/h4-7,14,25H,3,8-10H2,1-2H3,(H,28,29)(H2,22,26,27);1H. The highest BCUT2D eigenvalue weighted by molar-refractivity contribution is 5.92. The predicted molar refractivity (Wildman–Crippen MR) is 116 cm³/mol. The van der Waals surface area contributed by atoms with Gasteiger partial charge in [-0.2, -0.15) is 0 Å². The molecule has 1 aromatic carbocycles. The minimum Gasteiger partial charge on any atom is -0.506 e. The number of aromatic nitrogens is 2. The third kappa shape index (κ3) is 3.58. The number of aliphatic hydroxyl groups is 1. The molecule has 2 aromatic heterocycles. The number of rotatable bonds is 5. The van der Waals surface area contributed by atoms with Crippen LogP contribution in [-0.2, 0) is 20.0 Å². The van der Waals surface area contributed by atoms with Crippen LogP contribution in [0.3, 0.4) is 0 Å². The summed E-state index contributed by atoms with van der Waals surface area (Å²) in [6, 6.07) is 7.79. The van der Waals surface area contributed by atoms with E-state index in [9.17, 15) is 24.9 Å². The van der Waals surface area contributed by atoms with Crippen molar-refractivity contribution in [2.75, 3.05) is 13.1 Å². The van der Waals surface area contributed by atoms with E-state index in [0.717, 1.165) is 23.1 Å². The minimum absolute atomic E-state index is 0. The zero-order valence-corrected chi connectivity index (χ0v) is 17.5. The summed E-state index contributed by atoms with van der Waals surface area (Å²) >= 11 is 0. The first-order valence-electron chi connectivity index (χ1n) is 9.50. The fourth-order valence-corrected chi connectivity index (χ4v) is 4.03. The quantitative estimate of drug-likeness (QED) is 0.489. The van der Waals surface area contributed by atoms with E-state index in [1.807, 2.05) is 25.2 Å². The second-order valence-corrected chi connectivity index (χ2v) is 7.51. The molecular weight excluding hydrogens is 410 g/mol. The molecule has 160 valence electrons. The number of aromatic amines is 1. The lowest BCUT2D eigenvalue weighted by molar-refractivity contribution is -0.00391. The number of benzene rings is 1. The van der Waals surface area contributed by atoms with E-state index < -0.39 is 22.8 Å². The summed E-state index contributed by atoms with van der Waals surface area (Å²) in [6.45, 7) is 3.87. The Labute approximate surface area is 178 Å². The van der Waals surface area contributed by atoms with Crippen molar-refractivity contribution < 1.29 is 20.1 Å². The first kappa shape index (κ1) is 21.9. The van der Waals surface area contributed by atoms with Gasteiger partial charge in [0, 0.05) is 48.8 Å². The van der Waals surface area contributed by atoms with Gasteiger partial charge >= 0.3 is 5.97 Å². The molecule has 4 rings (SSSR count). The van der Waals surface area contributed by atoms with E-state index >= 15 is 0 Å². The van der Waals surface area contributed by atoms with E-state index in [2.05, 4.69) is 20.5 Å². The molecule has 4 N–H and O–H groups in total. The number of likely N-dealkylation sites (tertiary alicyclic amines) is 1. The number of fused-ring (bicyclic) bond motifs is 1. The highest BCUT2D eigenvalue weighted by Crippen LogP contribution is 2.32. The topological polar surface area (TPSA) is 119 Å². The number of nitrogens with zero attached hydrogens (tertiary/aromatic N) is 2. The number of carbonyl (C=O) groups is 1. The Hall–Kier alpha value is -2.81. The highest BCUT2D eigenvalue weighted by Gasteiger charge is 2.25. The van der Waals surface area contributed by atoms with Crippen LogP contribution < -0.4 is 5.56 Å². The summed E-state index contributed by atoms with van der Waals surface area (Å²) in [5, 5.41) is 30.0. The van der Waals surface area contributed by atoms with Gasteiger partial charge in [-0.15, -0.1) is 12.4 Å². The second kappa shape index (κ2) is 8.14. The number of H-pyrrole nitrogens is 1. The number of aryl methyl sites for hydroxylation is 1. The van der Waals surface area contributed by atoms with Gasteiger partial charge < -0.3 is 24.9 Å². The van der Waals surface area contributed by atoms with Crippen molar-refractivity contribution in [2.24, 2.45) is 7.05 Å². The van der Waals surface area contributed by atoms with Crippen LogP contribution in [0.4, 0.5) is 0 Å². The third-order valence-corrected chi connectivity index (χ3v) is 5.61. The van der Waals surface area contributed by atoms with E-state index in [0.29, 0.717) is 36.3 Å². The van der Waals surface area contributed by atoms with Gasteiger partial charge in [0.25, 0.3) is 5.56 Å². The molecule has 0 unspecified atom stereocenters. The molecule has 0 saturated carbocycles. The molecule has 0 spiro atoms. The zero-order valence-electron chi connectivity index (χ0n) is 16.7. The second-order valence-electron chi connectivity index (χ2n) is 7.51. The van der Waals surface area contributed by atoms with E-state index in [-0.39, 0.29) is 18.5 Å². The van der Waals surface area contributed by atoms with Crippen molar-refractivity contribution in [3.05, 3.63) is 51.4 Å². The van der Waals surface area contributed by atoms with Gasteiger partial charge in [-0.3, -0.25) is 9.69 Å². The van der Waals surface area contributed by atoms with Crippen LogP contribution in [-0.4, -0.2) is 54.9 Å². The number of carboxylic acid groups (broad SMARTS) is 1. The van der Waals surface area contributed by atoms with Gasteiger partial charge in [0.05, 0.1) is 11.8 Å². The first-order chi connectivity index (χ1) is 13.8. The number of aromatic carboxylic acids is 1. The Morgan fingerprint density at radius 1 is 1.27 bits per heavy atom. The van der Waals surface area contributed by atoms with Gasteiger partial charge in [0.1, 0.15) is 5.75 Å². The summed E-state index contributed by atoms with van der Waals surface area (Å²) in [5.74, 6) is -1.94. The van der Waals surface area contributed by atoms with Gasteiger partial charge in [-0.25, -0.2) is 4.79 Å². The molecule has 0 atom stereocenters. The van der Waals surface area contributed by atoms with Crippen molar-refractivity contribution in [1.82, 2.24) is 14.5 Å². The predicted octanol–water partition coefficient (Wildman–Crippen LogP) is 2.10. The monoisotopic (exact) mass is 433 g/mol. The normalized spacial score (nSPS) is 14.5. The van der Waals surface area contributed by atoms with Crippen molar-refractivity contribution >= 4 is 29.3 Å². The van der Waals surface area contributed by atoms with Crippen molar-refractivity contribution in [3.8, 4) is 17.0 Å². The summed E-state index contributed by atoms with van der Waals surface area (Å²) in [4.78, 5) is 28.3. The summed E-state index contributed by atoms with van der Waals surface area (Å²) < 4.78 is 2.10. The van der Waals surface area contributed by atoms with Crippen molar-refractivity contribution in [1.29, 1.82) is 0 Å². The molecule has 3 heterocycles. The van der Waals surface area contributed by atoms with Crippen LogP contribution in [0.2, 0.25) is 0 Å². The van der Waals surface area contributed by atoms with E-state index in [1.54, 1.807) is 6.92 Å². The summed E-state index contributed by atoms with van der Waals surface area (Å²) in [7, 11) is 1.99. The van der Waals surface area contributed by atoms with Crippen LogP contribution >= 0.6 is 12.4 Å². The maximum Gasteiger partial charge on any atom is 0.345 e. The third-order valence-electron chi connectivity index (χ3n) is 5.61. The van der Waals surface area contributed by atoms with E-state index in [4.69, 9.17) is 0 Å². The number of aliphatic hydroxyl groups excluding tert-OH is 1. The molecule has 30 heavy (non-hydrogen) atoms. The van der Waals surface area contributed by atoms with Gasteiger partial charge in [-0.05, 0) is 30.2 Å². The molecule has 1 fully saturated rings. The SMILES string of the molecule is CCc1c(-c2ccc3c(c2)cc(CN2CC(O)C2)n3C)[nH]c(=O)c(C(=O)O)c1O.Cl. The fraction of sp³-hybridized carbons (Fsp3) is 0.333. The van der Waals surface area contributed by atoms with E-state index in [1.165, 1.54) is 0 Å². The Kier molecular flexibility index (Phi) is 5.94. The molecule has 0 aliphatic carbocycles. The Morgan fingerprint density at radius 3 is 2.57 bits per heavy atom. The van der Waals surface area contributed by atoms with Crippen LogP contribution in [0.15, 0.2) is 29.1 Å². The van der Waals surface area contributed by atoms with Gasteiger partial charge in [0.2, 0.25) is 0 Å². The number of aromatic hydroxyl groups is 1. The Bertz CT molecular complexity index is 1180. The Morgan fingerprint density at radius 2 is 1.97 bits per heavy atom. The minimum atomic E-state index is -1.45. The molecular formula is C21H24ClN3O5. The highest BCUT2D eigenvalue weighted by atomic mass is 35.5. The molecule has 1 saturated heterocycles. The maximum atomic E-state index is 12.2. The largest absolute Gasteiger partial charge is 0.506 e. The van der Waals surface area contributed by atoms with Crippen molar-refractivity contribution in [3.63, 3.8) is 0 Å². The molecule has 0 radical (unpaired) electrons. The first-order valence-corrected chi connectivity index (χ1v) is 9.50.